The summed E-state index contributed by atoms with van der Waals surface area (Å²) in [6.45, 7) is 8.76. The molecule has 1 aromatic carbocycles. The number of hydrogen-bond acceptors (Lipinski definition) is 5. The second-order valence-corrected chi connectivity index (χ2v) is 7.58. The maximum absolute atomic E-state index is 13.1. The molecule has 3 rings (SSSR count). The van der Waals surface area contributed by atoms with Gasteiger partial charge in [0.2, 0.25) is 5.91 Å². The highest BCUT2D eigenvalue weighted by Crippen LogP contribution is 2.41. The molecule has 0 saturated heterocycles. The largest absolute Gasteiger partial charge is 0.494 e. The number of carbonyl (C=O) groups is 1. The van der Waals surface area contributed by atoms with E-state index >= 15 is 0 Å². The monoisotopic (exact) mass is 369 g/mol. The summed E-state index contributed by atoms with van der Waals surface area (Å²) in [6, 6.07) is 7.66. The summed E-state index contributed by atoms with van der Waals surface area (Å²) in [5.74, 6) is 1.13. The highest BCUT2D eigenvalue weighted by molar-refractivity contribution is 7.99. The van der Waals surface area contributed by atoms with Gasteiger partial charge in [-0.05, 0) is 57.5 Å². The topological polar surface area (TPSA) is 55.3 Å². The first-order valence-electron chi connectivity index (χ1n) is 8.62. The summed E-state index contributed by atoms with van der Waals surface area (Å²) in [4.78, 5) is 23.3. The number of amides is 1. The molecule has 0 atom stereocenters. The zero-order chi connectivity index (χ0) is 18.7. The van der Waals surface area contributed by atoms with Crippen molar-refractivity contribution in [2.75, 3.05) is 17.3 Å². The predicted molar refractivity (Wildman–Crippen MR) is 106 cm³/mol. The molecule has 0 unspecified atom stereocenters. The van der Waals surface area contributed by atoms with Gasteiger partial charge in [-0.3, -0.25) is 4.79 Å². The molecule has 1 aromatic heterocycles. The van der Waals surface area contributed by atoms with Crippen molar-refractivity contribution < 1.29 is 9.53 Å². The number of carbonyl (C=O) groups excluding carboxylic acids is 1. The Balaban J connectivity index is 1.89. The molecule has 136 valence electrons. The lowest BCUT2D eigenvalue weighted by atomic mass is 9.88. The molecule has 1 aliphatic rings. The van der Waals surface area contributed by atoms with Crippen molar-refractivity contribution in [1.29, 1.82) is 0 Å². The molecule has 0 N–H and O–H groups in total. The molecule has 0 radical (unpaired) electrons. The van der Waals surface area contributed by atoms with Gasteiger partial charge in [0.1, 0.15) is 5.75 Å². The highest BCUT2D eigenvalue weighted by Gasteiger charge is 2.35. The van der Waals surface area contributed by atoms with E-state index < -0.39 is 5.54 Å². The Hall–Kier alpha value is -2.34. The Morgan fingerprint density at radius 1 is 1.27 bits per heavy atom. The number of benzene rings is 1. The molecule has 1 amide bonds. The molecule has 6 heteroatoms. The third kappa shape index (κ3) is 3.75. The Kier molecular flexibility index (Phi) is 5.32. The van der Waals surface area contributed by atoms with Crippen molar-refractivity contribution in [2.45, 2.75) is 38.4 Å². The lowest BCUT2D eigenvalue weighted by Gasteiger charge is -2.41. The second kappa shape index (κ2) is 7.50. The van der Waals surface area contributed by atoms with E-state index in [1.54, 1.807) is 18.5 Å². The molecular formula is C20H23N3O2S. The molecule has 0 spiro atoms. The van der Waals surface area contributed by atoms with Gasteiger partial charge < -0.3 is 9.64 Å². The van der Waals surface area contributed by atoms with Crippen molar-refractivity contribution in [3.63, 3.8) is 0 Å². The number of thioether (sulfide) groups is 1. The van der Waals surface area contributed by atoms with Gasteiger partial charge in [-0.25, -0.2) is 9.97 Å². The third-order valence-corrected chi connectivity index (χ3v) is 5.07. The van der Waals surface area contributed by atoms with E-state index in [0.29, 0.717) is 11.8 Å². The SMILES string of the molecule is CCOc1ccc2c(c1)C(C)=CC(C)(C)N2C(=O)CSc1ncccn1. The first-order chi connectivity index (χ1) is 12.4. The molecule has 0 fully saturated rings. The van der Waals surface area contributed by atoms with Gasteiger partial charge >= 0.3 is 0 Å². The van der Waals surface area contributed by atoms with Gasteiger partial charge in [0.25, 0.3) is 0 Å². The van der Waals surface area contributed by atoms with Crippen LogP contribution in [0, 0.1) is 0 Å². The van der Waals surface area contributed by atoms with Crippen molar-refractivity contribution >= 4 is 28.9 Å². The average Bonchev–Trinajstić information content (AvgIpc) is 2.61. The van der Waals surface area contributed by atoms with Crippen LogP contribution < -0.4 is 9.64 Å². The van der Waals surface area contributed by atoms with Crippen molar-refractivity contribution in [3.05, 3.63) is 48.3 Å². The fourth-order valence-electron chi connectivity index (χ4n) is 3.27. The number of rotatable bonds is 5. The van der Waals surface area contributed by atoms with Gasteiger partial charge in [-0.2, -0.15) is 0 Å². The number of allylic oxidation sites excluding steroid dienone is 1. The lowest BCUT2D eigenvalue weighted by Crippen LogP contribution is -2.49. The molecule has 2 heterocycles. The standard InChI is InChI=1S/C20H23N3O2S/c1-5-25-15-7-8-17-16(11-15)14(2)12-20(3,4)23(17)18(24)13-26-19-21-9-6-10-22-19/h6-12H,5,13H2,1-4H3. The lowest BCUT2D eigenvalue weighted by molar-refractivity contribution is -0.116. The van der Waals surface area contributed by atoms with Crippen LogP contribution in [-0.4, -0.2) is 33.8 Å². The van der Waals surface area contributed by atoms with E-state index in [2.05, 4.69) is 36.8 Å². The molecule has 5 nitrogen and oxygen atoms in total. The van der Waals surface area contributed by atoms with Crippen LogP contribution in [0.4, 0.5) is 5.69 Å². The summed E-state index contributed by atoms with van der Waals surface area (Å²) in [5.41, 5.74) is 2.69. The van der Waals surface area contributed by atoms with E-state index in [1.807, 2.05) is 30.0 Å². The van der Waals surface area contributed by atoms with Crippen LogP contribution in [-0.2, 0) is 4.79 Å². The van der Waals surface area contributed by atoms with Crippen molar-refractivity contribution in [3.8, 4) is 5.75 Å². The van der Waals surface area contributed by atoms with Gasteiger partial charge in [-0.1, -0.05) is 17.8 Å². The minimum Gasteiger partial charge on any atom is -0.494 e. The van der Waals surface area contributed by atoms with Gasteiger partial charge in [0.15, 0.2) is 5.16 Å². The van der Waals surface area contributed by atoms with Crippen LogP contribution in [0.1, 0.15) is 33.3 Å². The third-order valence-electron chi connectivity index (χ3n) is 4.21. The van der Waals surface area contributed by atoms with Gasteiger partial charge in [-0.15, -0.1) is 0 Å². The van der Waals surface area contributed by atoms with E-state index in [9.17, 15) is 4.79 Å². The van der Waals surface area contributed by atoms with Crippen LogP contribution in [0.15, 0.2) is 47.9 Å². The maximum atomic E-state index is 13.1. The van der Waals surface area contributed by atoms with Crippen LogP contribution in [0.5, 0.6) is 5.75 Å². The number of fused-ring (bicyclic) bond motifs is 1. The number of anilines is 1. The first-order valence-corrected chi connectivity index (χ1v) is 9.60. The number of aromatic nitrogens is 2. The molecule has 0 aliphatic carbocycles. The van der Waals surface area contributed by atoms with Crippen LogP contribution in [0.25, 0.3) is 5.57 Å². The highest BCUT2D eigenvalue weighted by atomic mass is 32.2. The molecular weight excluding hydrogens is 346 g/mol. The molecule has 0 saturated carbocycles. The molecule has 0 bridgehead atoms. The number of nitrogens with zero attached hydrogens (tertiary/aromatic N) is 3. The summed E-state index contributed by atoms with van der Waals surface area (Å²) in [5, 5.41) is 0.606. The van der Waals surface area contributed by atoms with Crippen LogP contribution >= 0.6 is 11.8 Å². The number of hydrogen-bond donors (Lipinski definition) is 0. The van der Waals surface area contributed by atoms with Gasteiger partial charge in [0, 0.05) is 18.0 Å². The minimum absolute atomic E-state index is 0.0293. The molecule has 2 aromatic rings. The van der Waals surface area contributed by atoms with Crippen LogP contribution in [0.3, 0.4) is 0 Å². The summed E-state index contributed by atoms with van der Waals surface area (Å²) < 4.78 is 5.62. The molecule has 1 aliphatic heterocycles. The maximum Gasteiger partial charge on any atom is 0.238 e. The van der Waals surface area contributed by atoms with Crippen molar-refractivity contribution in [2.24, 2.45) is 0 Å². The quantitative estimate of drug-likeness (QED) is 0.584. The van der Waals surface area contributed by atoms with E-state index in [0.717, 1.165) is 22.6 Å². The summed E-state index contributed by atoms with van der Waals surface area (Å²) >= 11 is 1.35. The fraction of sp³-hybridized carbons (Fsp3) is 0.350. The summed E-state index contributed by atoms with van der Waals surface area (Å²) in [6.07, 6.45) is 5.50. The Labute approximate surface area is 158 Å². The van der Waals surface area contributed by atoms with E-state index in [4.69, 9.17) is 4.74 Å². The molecule has 26 heavy (non-hydrogen) atoms. The smallest absolute Gasteiger partial charge is 0.238 e. The second-order valence-electron chi connectivity index (χ2n) is 6.64. The summed E-state index contributed by atoms with van der Waals surface area (Å²) in [7, 11) is 0. The minimum atomic E-state index is -0.403. The predicted octanol–water partition coefficient (Wildman–Crippen LogP) is 4.20. The van der Waals surface area contributed by atoms with E-state index in [-0.39, 0.29) is 11.7 Å². The normalized spacial score (nSPS) is 15.2. The van der Waals surface area contributed by atoms with Gasteiger partial charge in [0.05, 0.1) is 23.6 Å². The van der Waals surface area contributed by atoms with Crippen molar-refractivity contribution in [1.82, 2.24) is 9.97 Å². The Morgan fingerprint density at radius 2 is 2.00 bits per heavy atom. The Morgan fingerprint density at radius 3 is 2.69 bits per heavy atom. The number of ether oxygens (including phenoxy) is 1. The zero-order valence-electron chi connectivity index (χ0n) is 15.5. The first kappa shape index (κ1) is 18.5. The van der Waals surface area contributed by atoms with Crippen LogP contribution in [0.2, 0.25) is 0 Å². The zero-order valence-corrected chi connectivity index (χ0v) is 16.3. The Bertz CT molecular complexity index is 834. The van der Waals surface area contributed by atoms with E-state index in [1.165, 1.54) is 11.8 Å². The fourth-order valence-corrected chi connectivity index (χ4v) is 3.92. The average molecular weight is 369 g/mol.